The molecule has 1 saturated heterocycles. The summed E-state index contributed by atoms with van der Waals surface area (Å²) in [5.41, 5.74) is 0.905. The van der Waals surface area contributed by atoms with Crippen molar-refractivity contribution in [2.45, 2.75) is 38.6 Å². The van der Waals surface area contributed by atoms with E-state index in [1.54, 1.807) is 37.8 Å². The van der Waals surface area contributed by atoms with Crippen LogP contribution in [0.25, 0.3) is 11.4 Å². The van der Waals surface area contributed by atoms with E-state index in [0.29, 0.717) is 11.3 Å². The van der Waals surface area contributed by atoms with Gasteiger partial charge in [0.2, 0.25) is 11.7 Å². The minimum atomic E-state index is -4.74. The molecule has 1 atom stereocenters. The summed E-state index contributed by atoms with van der Waals surface area (Å²) in [6.45, 7) is 5.27. The van der Waals surface area contributed by atoms with E-state index in [0.717, 1.165) is 5.56 Å². The summed E-state index contributed by atoms with van der Waals surface area (Å²) in [4.78, 5) is 32.2. The smallest absolute Gasteiger partial charge is 0.444 e. The zero-order valence-electron chi connectivity index (χ0n) is 19.2. The number of hydrogen-bond acceptors (Lipinski definition) is 6. The topological polar surface area (TPSA) is 88.8 Å². The largest absolute Gasteiger partial charge is 0.471 e. The van der Waals surface area contributed by atoms with E-state index in [1.807, 2.05) is 30.3 Å². The molecule has 4 rings (SSSR count). The molecule has 2 aromatic carbocycles. The van der Waals surface area contributed by atoms with E-state index in [-0.39, 0.29) is 24.8 Å². The van der Waals surface area contributed by atoms with Crippen LogP contribution in [0.2, 0.25) is 0 Å². The molecule has 8 nitrogen and oxygen atoms in total. The van der Waals surface area contributed by atoms with Crippen LogP contribution in [0.4, 0.5) is 23.7 Å². The van der Waals surface area contributed by atoms with Crippen molar-refractivity contribution < 1.29 is 32.0 Å². The fourth-order valence-electron chi connectivity index (χ4n) is 3.71. The van der Waals surface area contributed by atoms with Gasteiger partial charge in [-0.1, -0.05) is 35.5 Å². The number of halogens is 3. The van der Waals surface area contributed by atoms with Crippen molar-refractivity contribution in [3.8, 4) is 11.4 Å². The third-order valence-corrected chi connectivity index (χ3v) is 5.21. The van der Waals surface area contributed by atoms with Crippen molar-refractivity contribution in [1.82, 2.24) is 15.0 Å². The number of hydrogen-bond donors (Lipinski definition) is 0. The van der Waals surface area contributed by atoms with Crippen molar-refractivity contribution in [1.29, 1.82) is 0 Å². The first-order valence-electron chi connectivity index (χ1n) is 10.8. The second kappa shape index (κ2) is 9.05. The molecule has 2 heterocycles. The molecule has 0 bridgehead atoms. The van der Waals surface area contributed by atoms with Gasteiger partial charge in [-0.2, -0.15) is 18.2 Å². The molecule has 1 aromatic heterocycles. The van der Waals surface area contributed by atoms with Crippen molar-refractivity contribution >= 4 is 17.7 Å². The van der Waals surface area contributed by atoms with E-state index in [1.165, 1.54) is 17.0 Å². The molecule has 0 radical (unpaired) electrons. The van der Waals surface area contributed by atoms with Crippen molar-refractivity contribution in [3.05, 3.63) is 66.1 Å². The first-order valence-corrected chi connectivity index (χ1v) is 10.8. The summed E-state index contributed by atoms with van der Waals surface area (Å²) in [5.74, 6) is -1.98. The number of piperazine rings is 1. The molecule has 1 aliphatic rings. The Hall–Kier alpha value is -3.89. The first kappa shape index (κ1) is 24.2. The van der Waals surface area contributed by atoms with E-state index < -0.39 is 29.8 Å². The second-order valence-electron chi connectivity index (χ2n) is 9.02. The predicted molar refractivity (Wildman–Crippen MR) is 119 cm³/mol. The molecule has 3 aromatic rings. The quantitative estimate of drug-likeness (QED) is 0.511. The lowest BCUT2D eigenvalue weighted by molar-refractivity contribution is -0.159. The van der Waals surface area contributed by atoms with Crippen molar-refractivity contribution in [3.63, 3.8) is 0 Å². The minimum Gasteiger partial charge on any atom is -0.444 e. The van der Waals surface area contributed by atoms with E-state index in [9.17, 15) is 22.8 Å². The molecule has 184 valence electrons. The highest BCUT2D eigenvalue weighted by Gasteiger charge is 2.39. The molecule has 1 aliphatic heterocycles. The van der Waals surface area contributed by atoms with Crippen LogP contribution < -0.4 is 4.90 Å². The predicted octanol–water partition coefficient (Wildman–Crippen LogP) is 5.08. The van der Waals surface area contributed by atoms with Crippen LogP contribution >= 0.6 is 0 Å². The maximum Gasteiger partial charge on any atom is 0.471 e. The number of ether oxygens (including phenoxy) is 1. The number of carbonyl (C=O) groups excluding carboxylic acids is 2. The SMILES string of the molecule is CC(C)(C)OC(=O)N1CC(=O)N(c2ccc(-c3noc(C(F)(F)F)n3)cc2)C(c2ccccc2)C1. The van der Waals surface area contributed by atoms with Gasteiger partial charge in [-0.25, -0.2) is 4.79 Å². The summed E-state index contributed by atoms with van der Waals surface area (Å²) < 4.78 is 48.1. The molecule has 2 amide bonds. The Labute approximate surface area is 199 Å². The van der Waals surface area contributed by atoms with Crippen LogP contribution in [0.3, 0.4) is 0 Å². The molecule has 11 heteroatoms. The normalized spacial score (nSPS) is 17.0. The third kappa shape index (κ3) is 5.44. The number of rotatable bonds is 3. The highest BCUT2D eigenvalue weighted by Crippen LogP contribution is 2.34. The Balaban J connectivity index is 1.63. The van der Waals surface area contributed by atoms with Gasteiger partial charge in [0.1, 0.15) is 12.1 Å². The second-order valence-corrected chi connectivity index (χ2v) is 9.02. The van der Waals surface area contributed by atoms with Gasteiger partial charge in [0.15, 0.2) is 0 Å². The number of amides is 2. The molecule has 0 spiro atoms. The number of benzene rings is 2. The van der Waals surface area contributed by atoms with Gasteiger partial charge in [-0.15, -0.1) is 0 Å². The van der Waals surface area contributed by atoms with Gasteiger partial charge >= 0.3 is 18.2 Å². The van der Waals surface area contributed by atoms with Gasteiger partial charge in [-0.05, 0) is 50.6 Å². The van der Waals surface area contributed by atoms with Crippen LogP contribution in [0.1, 0.15) is 38.3 Å². The zero-order valence-corrected chi connectivity index (χ0v) is 19.2. The van der Waals surface area contributed by atoms with Crippen LogP contribution in [-0.2, 0) is 15.7 Å². The average Bonchev–Trinajstić information content (AvgIpc) is 3.29. The summed E-state index contributed by atoms with van der Waals surface area (Å²) in [7, 11) is 0. The van der Waals surface area contributed by atoms with Crippen LogP contribution in [0, 0.1) is 0 Å². The molecule has 0 saturated carbocycles. The summed E-state index contributed by atoms with van der Waals surface area (Å²) >= 11 is 0. The van der Waals surface area contributed by atoms with E-state index in [2.05, 4.69) is 14.7 Å². The summed E-state index contributed by atoms with van der Waals surface area (Å²) in [6, 6.07) is 14.9. The monoisotopic (exact) mass is 488 g/mol. The lowest BCUT2D eigenvalue weighted by Crippen LogP contribution is -2.54. The number of anilines is 1. The highest BCUT2D eigenvalue weighted by molar-refractivity contribution is 5.98. The number of carbonyl (C=O) groups is 2. The lowest BCUT2D eigenvalue weighted by Gasteiger charge is -2.41. The molecule has 0 N–H and O–H groups in total. The Morgan fingerprint density at radius 2 is 1.71 bits per heavy atom. The van der Waals surface area contributed by atoms with Gasteiger partial charge in [0.25, 0.3) is 0 Å². The van der Waals surface area contributed by atoms with E-state index in [4.69, 9.17) is 4.74 Å². The Kier molecular flexibility index (Phi) is 6.27. The van der Waals surface area contributed by atoms with Crippen LogP contribution in [0.5, 0.6) is 0 Å². The fraction of sp³-hybridized carbons (Fsp3) is 0.333. The van der Waals surface area contributed by atoms with E-state index >= 15 is 0 Å². The zero-order chi connectivity index (χ0) is 25.4. The molecular weight excluding hydrogens is 465 g/mol. The fourth-order valence-corrected chi connectivity index (χ4v) is 3.71. The molecule has 1 fully saturated rings. The Morgan fingerprint density at radius 1 is 1.06 bits per heavy atom. The van der Waals surface area contributed by atoms with Crippen LogP contribution in [0.15, 0.2) is 59.1 Å². The maximum atomic E-state index is 13.2. The third-order valence-electron chi connectivity index (χ3n) is 5.21. The van der Waals surface area contributed by atoms with Gasteiger partial charge in [0.05, 0.1) is 6.04 Å². The summed E-state index contributed by atoms with van der Waals surface area (Å²) in [5, 5.41) is 3.39. The van der Waals surface area contributed by atoms with Gasteiger partial charge < -0.3 is 14.2 Å². The molecule has 0 aliphatic carbocycles. The minimum absolute atomic E-state index is 0.181. The Morgan fingerprint density at radius 3 is 2.29 bits per heavy atom. The number of nitrogens with zero attached hydrogens (tertiary/aromatic N) is 4. The Bertz CT molecular complexity index is 1200. The molecule has 1 unspecified atom stereocenters. The number of aromatic nitrogens is 2. The maximum absolute atomic E-state index is 13.2. The van der Waals surface area contributed by atoms with Gasteiger partial charge in [-0.3, -0.25) is 9.69 Å². The standard InChI is InChI=1S/C24H23F3N4O4/c1-23(2,3)34-22(33)30-13-18(15-7-5-4-6-8-15)31(19(32)14-30)17-11-9-16(10-12-17)20-28-21(35-29-20)24(25,26)27/h4-12,18H,13-14H2,1-3H3. The highest BCUT2D eigenvalue weighted by atomic mass is 19.4. The molecule has 35 heavy (non-hydrogen) atoms. The average molecular weight is 488 g/mol. The van der Waals surface area contributed by atoms with Gasteiger partial charge in [0, 0.05) is 17.8 Å². The van der Waals surface area contributed by atoms with Crippen molar-refractivity contribution in [2.75, 3.05) is 18.0 Å². The summed E-state index contributed by atoms with van der Waals surface area (Å²) in [6.07, 6.45) is -5.33. The first-order chi connectivity index (χ1) is 16.4. The van der Waals surface area contributed by atoms with Crippen molar-refractivity contribution in [2.24, 2.45) is 0 Å². The molecular formula is C24H23F3N4O4. The number of alkyl halides is 3. The lowest BCUT2D eigenvalue weighted by atomic mass is 10.0. The van der Waals surface area contributed by atoms with Crippen LogP contribution in [-0.4, -0.2) is 45.7 Å².